The van der Waals surface area contributed by atoms with Gasteiger partial charge in [-0.15, -0.1) is 0 Å². The van der Waals surface area contributed by atoms with Crippen LogP contribution in [0.1, 0.15) is 32.3 Å². The van der Waals surface area contributed by atoms with Crippen LogP contribution in [-0.2, 0) is 15.1 Å². The van der Waals surface area contributed by atoms with E-state index in [0.717, 1.165) is 22.2 Å². The SMILES string of the molecule is CCCCNC(=O)CN1C(=O)N[C@@](C)(c2cccc(Br)c2)C1=O. The number of unbranched alkanes of at least 4 members (excludes halogenated alkanes) is 1. The molecule has 0 radical (unpaired) electrons. The number of nitrogens with zero attached hydrogens (tertiary/aromatic N) is 1. The van der Waals surface area contributed by atoms with Gasteiger partial charge >= 0.3 is 6.03 Å². The first-order valence-electron chi connectivity index (χ1n) is 7.55. The van der Waals surface area contributed by atoms with Crippen LogP contribution in [0.25, 0.3) is 0 Å². The Balaban J connectivity index is 2.12. The molecule has 23 heavy (non-hydrogen) atoms. The highest BCUT2D eigenvalue weighted by molar-refractivity contribution is 9.10. The Bertz CT molecular complexity index is 635. The van der Waals surface area contributed by atoms with Gasteiger partial charge in [0, 0.05) is 11.0 Å². The van der Waals surface area contributed by atoms with E-state index in [1.165, 1.54) is 0 Å². The number of hydrogen-bond acceptors (Lipinski definition) is 3. The number of imide groups is 1. The molecule has 6 nitrogen and oxygen atoms in total. The molecule has 7 heteroatoms. The van der Waals surface area contributed by atoms with Crippen molar-refractivity contribution >= 4 is 33.8 Å². The molecular weight excluding hydrogens is 362 g/mol. The highest BCUT2D eigenvalue weighted by Gasteiger charge is 2.49. The van der Waals surface area contributed by atoms with Crippen LogP contribution in [0.3, 0.4) is 0 Å². The highest BCUT2D eigenvalue weighted by Crippen LogP contribution is 2.30. The van der Waals surface area contributed by atoms with Crippen LogP contribution in [-0.4, -0.2) is 35.8 Å². The largest absolute Gasteiger partial charge is 0.355 e. The summed E-state index contributed by atoms with van der Waals surface area (Å²) in [6.45, 7) is 3.94. The van der Waals surface area contributed by atoms with Crippen LogP contribution in [0.15, 0.2) is 28.7 Å². The fourth-order valence-electron chi connectivity index (χ4n) is 2.44. The molecule has 1 aromatic rings. The Morgan fingerprint density at radius 2 is 2.13 bits per heavy atom. The van der Waals surface area contributed by atoms with Gasteiger partial charge in [-0.25, -0.2) is 4.79 Å². The zero-order chi connectivity index (χ0) is 17.0. The number of nitrogens with one attached hydrogen (secondary N) is 2. The number of amides is 4. The minimum Gasteiger partial charge on any atom is -0.355 e. The lowest BCUT2D eigenvalue weighted by atomic mass is 9.92. The van der Waals surface area contributed by atoms with Crippen LogP contribution < -0.4 is 10.6 Å². The summed E-state index contributed by atoms with van der Waals surface area (Å²) in [6, 6.07) is 6.64. The summed E-state index contributed by atoms with van der Waals surface area (Å²) in [6.07, 6.45) is 1.83. The molecule has 2 rings (SSSR count). The molecule has 0 bridgehead atoms. The van der Waals surface area contributed by atoms with Gasteiger partial charge in [-0.05, 0) is 31.0 Å². The fraction of sp³-hybridized carbons (Fsp3) is 0.438. The van der Waals surface area contributed by atoms with Gasteiger partial charge in [-0.3, -0.25) is 14.5 Å². The third-order valence-corrected chi connectivity index (χ3v) is 4.32. The Morgan fingerprint density at radius 3 is 2.78 bits per heavy atom. The first-order valence-corrected chi connectivity index (χ1v) is 8.34. The minimum atomic E-state index is -1.16. The van der Waals surface area contributed by atoms with E-state index in [4.69, 9.17) is 0 Å². The lowest BCUT2D eigenvalue weighted by molar-refractivity contribution is -0.134. The normalized spacial score (nSPS) is 20.6. The summed E-state index contributed by atoms with van der Waals surface area (Å²) in [5.41, 5.74) is -0.496. The van der Waals surface area contributed by atoms with E-state index in [1.54, 1.807) is 25.1 Å². The van der Waals surface area contributed by atoms with Gasteiger partial charge in [0.15, 0.2) is 0 Å². The van der Waals surface area contributed by atoms with Crippen molar-refractivity contribution in [3.63, 3.8) is 0 Å². The molecule has 124 valence electrons. The number of halogens is 1. The summed E-state index contributed by atoms with van der Waals surface area (Å²) < 4.78 is 0.814. The smallest absolute Gasteiger partial charge is 0.325 e. The molecule has 1 atom stereocenters. The van der Waals surface area contributed by atoms with E-state index in [9.17, 15) is 14.4 Å². The molecule has 0 unspecified atom stereocenters. The first kappa shape index (κ1) is 17.5. The second-order valence-corrected chi connectivity index (χ2v) is 6.58. The van der Waals surface area contributed by atoms with Gasteiger partial charge in [-0.2, -0.15) is 0 Å². The molecule has 1 aromatic carbocycles. The first-order chi connectivity index (χ1) is 10.9. The van der Waals surface area contributed by atoms with E-state index >= 15 is 0 Å². The third-order valence-electron chi connectivity index (χ3n) is 3.83. The van der Waals surface area contributed by atoms with Gasteiger partial charge in [0.1, 0.15) is 12.1 Å². The molecule has 1 aliphatic heterocycles. The molecule has 0 aliphatic carbocycles. The molecule has 0 saturated carbocycles. The van der Waals surface area contributed by atoms with Crippen LogP contribution >= 0.6 is 15.9 Å². The van der Waals surface area contributed by atoms with Crippen molar-refractivity contribution in [3.05, 3.63) is 34.3 Å². The quantitative estimate of drug-likeness (QED) is 0.585. The average molecular weight is 382 g/mol. The molecule has 0 aromatic heterocycles. The summed E-state index contributed by atoms with van der Waals surface area (Å²) in [5, 5.41) is 5.39. The molecule has 4 amide bonds. The maximum absolute atomic E-state index is 12.7. The second-order valence-electron chi connectivity index (χ2n) is 5.66. The lowest BCUT2D eigenvalue weighted by Gasteiger charge is -2.22. The Kier molecular flexibility index (Phi) is 5.41. The summed E-state index contributed by atoms with van der Waals surface area (Å²) in [4.78, 5) is 37.6. The van der Waals surface area contributed by atoms with E-state index in [0.29, 0.717) is 12.1 Å². The Morgan fingerprint density at radius 1 is 1.39 bits per heavy atom. The molecule has 1 aliphatic rings. The Labute approximate surface area is 143 Å². The highest BCUT2D eigenvalue weighted by atomic mass is 79.9. The van der Waals surface area contributed by atoms with Crippen molar-refractivity contribution in [1.29, 1.82) is 0 Å². The molecular formula is C16H20BrN3O3. The van der Waals surface area contributed by atoms with Crippen molar-refractivity contribution in [2.75, 3.05) is 13.1 Å². The van der Waals surface area contributed by atoms with Crippen LogP contribution in [0.4, 0.5) is 4.79 Å². The topological polar surface area (TPSA) is 78.5 Å². The van der Waals surface area contributed by atoms with Crippen LogP contribution in [0.5, 0.6) is 0 Å². The van der Waals surface area contributed by atoms with Crippen molar-refractivity contribution < 1.29 is 14.4 Å². The van der Waals surface area contributed by atoms with Gasteiger partial charge < -0.3 is 10.6 Å². The van der Waals surface area contributed by atoms with Crippen molar-refractivity contribution in [3.8, 4) is 0 Å². The number of urea groups is 1. The monoisotopic (exact) mass is 381 g/mol. The van der Waals surface area contributed by atoms with Crippen LogP contribution in [0, 0.1) is 0 Å². The maximum Gasteiger partial charge on any atom is 0.325 e. The van der Waals surface area contributed by atoms with Gasteiger partial charge in [-0.1, -0.05) is 41.4 Å². The number of carbonyl (C=O) groups excluding carboxylic acids is 3. The minimum absolute atomic E-state index is 0.266. The molecule has 1 fully saturated rings. The van der Waals surface area contributed by atoms with Crippen molar-refractivity contribution in [1.82, 2.24) is 15.5 Å². The second kappa shape index (κ2) is 7.12. The zero-order valence-corrected chi connectivity index (χ0v) is 14.8. The average Bonchev–Trinajstić information content (AvgIpc) is 2.72. The molecule has 2 N–H and O–H groups in total. The van der Waals surface area contributed by atoms with Gasteiger partial charge in [0.25, 0.3) is 5.91 Å². The van der Waals surface area contributed by atoms with E-state index in [-0.39, 0.29) is 12.5 Å². The van der Waals surface area contributed by atoms with E-state index in [2.05, 4.69) is 26.6 Å². The van der Waals surface area contributed by atoms with Crippen LogP contribution in [0.2, 0.25) is 0 Å². The standard InChI is InChI=1S/C16H20BrN3O3/c1-3-4-8-18-13(21)10-20-14(22)16(2,19-15(20)23)11-6-5-7-12(17)9-11/h5-7,9H,3-4,8,10H2,1-2H3,(H,18,21)(H,19,23)/t16-/m0/s1. The maximum atomic E-state index is 12.7. The third kappa shape index (κ3) is 3.72. The molecule has 1 saturated heterocycles. The van der Waals surface area contributed by atoms with Crippen molar-refractivity contribution in [2.45, 2.75) is 32.2 Å². The fourth-order valence-corrected chi connectivity index (χ4v) is 2.84. The Hall–Kier alpha value is -1.89. The number of benzene rings is 1. The number of rotatable bonds is 6. The number of carbonyl (C=O) groups is 3. The zero-order valence-electron chi connectivity index (χ0n) is 13.2. The van der Waals surface area contributed by atoms with Gasteiger partial charge in [0.05, 0.1) is 0 Å². The predicted molar refractivity (Wildman–Crippen MR) is 89.7 cm³/mol. The summed E-state index contributed by atoms with van der Waals surface area (Å²) in [5.74, 6) is -0.758. The summed E-state index contributed by atoms with van der Waals surface area (Å²) >= 11 is 3.36. The molecule has 0 spiro atoms. The molecule has 1 heterocycles. The lowest BCUT2D eigenvalue weighted by Crippen LogP contribution is -2.43. The van der Waals surface area contributed by atoms with E-state index < -0.39 is 17.5 Å². The van der Waals surface area contributed by atoms with Crippen molar-refractivity contribution in [2.24, 2.45) is 0 Å². The van der Waals surface area contributed by atoms with E-state index in [1.807, 2.05) is 13.0 Å². The van der Waals surface area contributed by atoms with Gasteiger partial charge in [0.2, 0.25) is 5.91 Å². The predicted octanol–water partition coefficient (Wildman–Crippen LogP) is 2.13. The summed E-state index contributed by atoms with van der Waals surface area (Å²) in [7, 11) is 0. The number of hydrogen-bond donors (Lipinski definition) is 2.